The third-order valence-corrected chi connectivity index (χ3v) is 3.30. The molecule has 4 heteroatoms. The lowest BCUT2D eigenvalue weighted by Gasteiger charge is -2.35. The summed E-state index contributed by atoms with van der Waals surface area (Å²) < 4.78 is 0. The molecule has 4 nitrogen and oxygen atoms in total. The number of nitrogens with zero attached hydrogens (tertiary/aromatic N) is 2. The Hall–Kier alpha value is -1.29. The number of aliphatic hydroxyl groups excluding tert-OH is 1. The first-order chi connectivity index (χ1) is 7.70. The van der Waals surface area contributed by atoms with E-state index in [0.717, 1.165) is 24.3 Å². The minimum Gasteiger partial charge on any atom is -0.391 e. The molecule has 2 rings (SSSR count). The summed E-state index contributed by atoms with van der Waals surface area (Å²) in [5.41, 5.74) is 2.09. The predicted molar refractivity (Wildman–Crippen MR) is 65.8 cm³/mol. The van der Waals surface area contributed by atoms with Crippen LogP contribution in [0.5, 0.6) is 0 Å². The van der Waals surface area contributed by atoms with Crippen molar-refractivity contribution in [3.05, 3.63) is 18.5 Å². The molecule has 0 spiro atoms. The fourth-order valence-corrected chi connectivity index (χ4v) is 2.02. The molecule has 0 bridgehead atoms. The maximum Gasteiger partial charge on any atom is 0.0741 e. The van der Waals surface area contributed by atoms with Crippen LogP contribution in [-0.2, 0) is 0 Å². The van der Waals surface area contributed by atoms with E-state index in [1.54, 1.807) is 6.20 Å². The molecule has 1 saturated heterocycles. The Kier molecular flexibility index (Phi) is 3.29. The minimum absolute atomic E-state index is 0.230. The standard InChI is InChI=1S/C12H19N3O/c1-9-3-4-15(8-12(9)16)11-5-10(13-2)6-14-7-11/h5-7,9,12-13,16H,3-4,8H2,1-2H3. The fraction of sp³-hybridized carbons (Fsp3) is 0.583. The Morgan fingerprint density at radius 3 is 3.00 bits per heavy atom. The summed E-state index contributed by atoms with van der Waals surface area (Å²) in [5.74, 6) is 0.400. The first-order valence-corrected chi connectivity index (χ1v) is 5.76. The molecule has 0 radical (unpaired) electrons. The smallest absolute Gasteiger partial charge is 0.0741 e. The first-order valence-electron chi connectivity index (χ1n) is 5.76. The van der Waals surface area contributed by atoms with Crippen molar-refractivity contribution in [1.82, 2.24) is 4.98 Å². The number of piperidine rings is 1. The maximum absolute atomic E-state index is 9.86. The molecule has 1 aliphatic rings. The summed E-state index contributed by atoms with van der Waals surface area (Å²) in [6, 6.07) is 2.07. The summed E-state index contributed by atoms with van der Waals surface area (Å²) in [6.07, 6.45) is 4.45. The van der Waals surface area contributed by atoms with Crippen molar-refractivity contribution in [1.29, 1.82) is 0 Å². The Balaban J connectivity index is 2.12. The van der Waals surface area contributed by atoms with E-state index in [1.807, 2.05) is 13.2 Å². The molecular formula is C12H19N3O. The van der Waals surface area contributed by atoms with Crippen LogP contribution in [0.15, 0.2) is 18.5 Å². The largest absolute Gasteiger partial charge is 0.391 e. The molecule has 0 aromatic carbocycles. The van der Waals surface area contributed by atoms with Gasteiger partial charge >= 0.3 is 0 Å². The summed E-state index contributed by atoms with van der Waals surface area (Å²) in [5, 5.41) is 12.9. The van der Waals surface area contributed by atoms with Gasteiger partial charge in [-0.25, -0.2) is 0 Å². The third-order valence-electron chi connectivity index (χ3n) is 3.30. The Labute approximate surface area is 96.3 Å². The van der Waals surface area contributed by atoms with Crippen LogP contribution in [0.1, 0.15) is 13.3 Å². The van der Waals surface area contributed by atoms with Gasteiger partial charge in [0.15, 0.2) is 0 Å². The van der Waals surface area contributed by atoms with E-state index in [-0.39, 0.29) is 6.10 Å². The molecule has 1 fully saturated rings. The average molecular weight is 221 g/mol. The van der Waals surface area contributed by atoms with Gasteiger partial charge in [0.1, 0.15) is 0 Å². The van der Waals surface area contributed by atoms with Crippen LogP contribution < -0.4 is 10.2 Å². The van der Waals surface area contributed by atoms with E-state index in [9.17, 15) is 5.11 Å². The quantitative estimate of drug-likeness (QED) is 0.791. The molecule has 2 N–H and O–H groups in total. The van der Waals surface area contributed by atoms with Crippen LogP contribution in [0.3, 0.4) is 0 Å². The molecule has 0 amide bonds. The van der Waals surface area contributed by atoms with E-state index < -0.39 is 0 Å². The average Bonchev–Trinajstić information content (AvgIpc) is 2.33. The van der Waals surface area contributed by atoms with Crippen LogP contribution in [0.25, 0.3) is 0 Å². The molecule has 2 atom stereocenters. The second kappa shape index (κ2) is 4.70. The number of aliphatic hydroxyl groups is 1. The van der Waals surface area contributed by atoms with Gasteiger partial charge in [0.05, 0.1) is 29.9 Å². The highest BCUT2D eigenvalue weighted by atomic mass is 16.3. The van der Waals surface area contributed by atoms with Crippen LogP contribution in [-0.4, -0.2) is 36.3 Å². The van der Waals surface area contributed by atoms with E-state index in [2.05, 4.69) is 28.2 Å². The number of hydrogen-bond acceptors (Lipinski definition) is 4. The molecule has 1 aromatic heterocycles. The van der Waals surface area contributed by atoms with Crippen molar-refractivity contribution >= 4 is 11.4 Å². The zero-order chi connectivity index (χ0) is 11.5. The van der Waals surface area contributed by atoms with Crippen molar-refractivity contribution < 1.29 is 5.11 Å². The Morgan fingerprint density at radius 1 is 1.50 bits per heavy atom. The molecule has 1 aliphatic heterocycles. The molecule has 1 aromatic rings. The topological polar surface area (TPSA) is 48.4 Å². The lowest BCUT2D eigenvalue weighted by molar-refractivity contribution is 0.103. The van der Waals surface area contributed by atoms with Gasteiger partial charge in [-0.3, -0.25) is 4.98 Å². The highest BCUT2D eigenvalue weighted by molar-refractivity contribution is 5.55. The van der Waals surface area contributed by atoms with Crippen molar-refractivity contribution in [2.45, 2.75) is 19.4 Å². The van der Waals surface area contributed by atoms with E-state index in [1.165, 1.54) is 0 Å². The number of nitrogens with one attached hydrogen (secondary N) is 1. The van der Waals surface area contributed by atoms with E-state index in [4.69, 9.17) is 0 Å². The lowest BCUT2D eigenvalue weighted by atomic mass is 9.96. The van der Waals surface area contributed by atoms with Gasteiger partial charge in [0.2, 0.25) is 0 Å². The molecule has 2 heterocycles. The molecule has 0 aliphatic carbocycles. The van der Waals surface area contributed by atoms with Gasteiger partial charge in [-0.05, 0) is 18.4 Å². The van der Waals surface area contributed by atoms with Gasteiger partial charge in [-0.2, -0.15) is 0 Å². The van der Waals surface area contributed by atoms with Crippen molar-refractivity contribution in [3.63, 3.8) is 0 Å². The molecular weight excluding hydrogens is 202 g/mol. The lowest BCUT2D eigenvalue weighted by Crippen LogP contribution is -2.42. The highest BCUT2D eigenvalue weighted by Gasteiger charge is 2.24. The number of rotatable bonds is 2. The van der Waals surface area contributed by atoms with Crippen LogP contribution >= 0.6 is 0 Å². The summed E-state index contributed by atoms with van der Waals surface area (Å²) in [4.78, 5) is 6.38. The zero-order valence-corrected chi connectivity index (χ0v) is 9.85. The maximum atomic E-state index is 9.86. The van der Waals surface area contributed by atoms with Crippen LogP contribution in [0.2, 0.25) is 0 Å². The predicted octanol–water partition coefficient (Wildman–Crippen LogP) is 1.33. The number of pyridine rings is 1. The second-order valence-corrected chi connectivity index (χ2v) is 4.46. The van der Waals surface area contributed by atoms with E-state index in [0.29, 0.717) is 12.5 Å². The SMILES string of the molecule is CNc1cncc(N2CCC(C)C(O)C2)c1. The number of anilines is 2. The van der Waals surface area contributed by atoms with Crippen molar-refractivity contribution in [2.75, 3.05) is 30.4 Å². The van der Waals surface area contributed by atoms with E-state index >= 15 is 0 Å². The highest BCUT2D eigenvalue weighted by Crippen LogP contribution is 2.24. The van der Waals surface area contributed by atoms with Gasteiger partial charge in [-0.1, -0.05) is 6.92 Å². The number of β-amino-alcohol motifs (C(OH)–C–C–N with tert-alkyl or cyclic N) is 1. The normalized spacial score (nSPS) is 25.6. The summed E-state index contributed by atoms with van der Waals surface area (Å²) in [7, 11) is 1.88. The molecule has 2 unspecified atom stereocenters. The second-order valence-electron chi connectivity index (χ2n) is 4.46. The first kappa shape index (κ1) is 11.2. The fourth-order valence-electron chi connectivity index (χ4n) is 2.02. The van der Waals surface area contributed by atoms with Crippen molar-refractivity contribution in [3.8, 4) is 0 Å². The van der Waals surface area contributed by atoms with Gasteiger partial charge in [0, 0.05) is 20.1 Å². The molecule has 0 saturated carbocycles. The van der Waals surface area contributed by atoms with Crippen molar-refractivity contribution in [2.24, 2.45) is 5.92 Å². The monoisotopic (exact) mass is 221 g/mol. The number of aromatic nitrogens is 1. The van der Waals surface area contributed by atoms with Crippen LogP contribution in [0.4, 0.5) is 11.4 Å². The van der Waals surface area contributed by atoms with Gasteiger partial charge in [0.25, 0.3) is 0 Å². The van der Waals surface area contributed by atoms with Gasteiger partial charge in [-0.15, -0.1) is 0 Å². The summed E-state index contributed by atoms with van der Waals surface area (Å²) >= 11 is 0. The number of hydrogen-bond donors (Lipinski definition) is 2. The Morgan fingerprint density at radius 2 is 2.31 bits per heavy atom. The Bertz CT molecular complexity index is 356. The van der Waals surface area contributed by atoms with Crippen LogP contribution in [0, 0.1) is 5.92 Å². The summed E-state index contributed by atoms with van der Waals surface area (Å²) in [6.45, 7) is 3.80. The molecule has 16 heavy (non-hydrogen) atoms. The van der Waals surface area contributed by atoms with Gasteiger partial charge < -0.3 is 15.3 Å². The molecule has 88 valence electrons. The minimum atomic E-state index is -0.230. The third kappa shape index (κ3) is 2.27. The zero-order valence-electron chi connectivity index (χ0n) is 9.85.